The topological polar surface area (TPSA) is 88.4 Å². The van der Waals surface area contributed by atoms with E-state index in [1.165, 1.54) is 0 Å². The van der Waals surface area contributed by atoms with Crippen LogP contribution >= 0.6 is 23.2 Å². The van der Waals surface area contributed by atoms with Crippen molar-refractivity contribution >= 4 is 41.1 Å². The van der Waals surface area contributed by atoms with Crippen molar-refractivity contribution in [2.75, 3.05) is 13.2 Å². The fourth-order valence-electron chi connectivity index (χ4n) is 3.93. The van der Waals surface area contributed by atoms with Crippen molar-refractivity contribution in [3.8, 4) is 5.75 Å². The Labute approximate surface area is 219 Å². The van der Waals surface area contributed by atoms with Gasteiger partial charge >= 0.3 is 5.97 Å². The third-order valence-electron chi connectivity index (χ3n) is 5.79. The molecular formula is C28H25Cl2NO5. The minimum atomic E-state index is -1.64. The Hall–Kier alpha value is -3.32. The van der Waals surface area contributed by atoms with E-state index >= 15 is 0 Å². The summed E-state index contributed by atoms with van der Waals surface area (Å²) < 4.78 is 11.8. The highest BCUT2D eigenvalue weighted by Gasteiger charge is 2.53. The molecule has 1 aliphatic rings. The van der Waals surface area contributed by atoms with Gasteiger partial charge in [0.05, 0.1) is 6.61 Å². The fraction of sp³-hybridized carbons (Fsp3) is 0.214. The molecule has 0 amide bonds. The number of rotatable bonds is 10. The SMILES string of the molecule is O=C(O)[C@]1(C/C=C/c2ccccc2)N=C(c2ccc(OCCCO)cc2)O[C@@H]1c1ccc(Cl)cc1Cl. The molecule has 1 heterocycles. The maximum absolute atomic E-state index is 12.8. The smallest absolute Gasteiger partial charge is 0.336 e. The quantitative estimate of drug-likeness (QED) is 0.307. The molecule has 4 rings (SSSR count). The third-order valence-corrected chi connectivity index (χ3v) is 6.35. The average Bonchev–Trinajstić information content (AvgIpc) is 3.26. The summed E-state index contributed by atoms with van der Waals surface area (Å²) in [5.74, 6) is -0.308. The van der Waals surface area contributed by atoms with Crippen molar-refractivity contribution in [3.05, 3.63) is 106 Å². The number of ether oxygens (including phenoxy) is 2. The molecular weight excluding hydrogens is 501 g/mol. The number of aliphatic imine (C=N–C) groups is 1. The fourth-order valence-corrected chi connectivity index (χ4v) is 4.44. The van der Waals surface area contributed by atoms with Crippen molar-refractivity contribution in [3.63, 3.8) is 0 Å². The Morgan fingerprint density at radius 3 is 2.50 bits per heavy atom. The van der Waals surface area contributed by atoms with Gasteiger partial charge in [-0.3, -0.25) is 0 Å². The van der Waals surface area contributed by atoms with Gasteiger partial charge in [-0.1, -0.05) is 71.8 Å². The Morgan fingerprint density at radius 1 is 1.08 bits per heavy atom. The molecule has 0 aliphatic carbocycles. The third kappa shape index (κ3) is 5.73. The first-order valence-corrected chi connectivity index (χ1v) is 12.2. The number of aliphatic hydroxyl groups is 1. The second-order valence-corrected chi connectivity index (χ2v) is 9.12. The Kier molecular flexibility index (Phi) is 8.31. The Balaban J connectivity index is 1.70. The van der Waals surface area contributed by atoms with E-state index in [9.17, 15) is 9.90 Å². The summed E-state index contributed by atoms with van der Waals surface area (Å²) in [5, 5.41) is 20.1. The number of hydrogen-bond acceptors (Lipinski definition) is 5. The number of carbonyl (C=O) groups is 1. The zero-order valence-electron chi connectivity index (χ0n) is 19.3. The predicted molar refractivity (Wildman–Crippen MR) is 141 cm³/mol. The molecule has 3 aromatic rings. The first-order valence-electron chi connectivity index (χ1n) is 11.4. The summed E-state index contributed by atoms with van der Waals surface area (Å²) in [6, 6.07) is 21.5. The van der Waals surface area contributed by atoms with Gasteiger partial charge in [-0.2, -0.15) is 0 Å². The summed E-state index contributed by atoms with van der Waals surface area (Å²) >= 11 is 12.6. The molecule has 0 spiro atoms. The molecule has 0 aromatic heterocycles. The molecule has 2 N–H and O–H groups in total. The zero-order chi connectivity index (χ0) is 25.5. The van der Waals surface area contributed by atoms with Gasteiger partial charge in [0.25, 0.3) is 0 Å². The van der Waals surface area contributed by atoms with Gasteiger partial charge < -0.3 is 19.7 Å². The van der Waals surface area contributed by atoms with Crippen LogP contribution in [-0.4, -0.2) is 40.8 Å². The number of halogens is 2. The van der Waals surface area contributed by atoms with E-state index in [4.69, 9.17) is 37.8 Å². The van der Waals surface area contributed by atoms with Gasteiger partial charge in [0.2, 0.25) is 11.4 Å². The Bertz CT molecular complexity index is 1260. The second-order valence-electron chi connectivity index (χ2n) is 8.28. The normalized spacial score (nSPS) is 19.2. The second kappa shape index (κ2) is 11.6. The summed E-state index contributed by atoms with van der Waals surface area (Å²) in [6.45, 7) is 0.438. The first kappa shape index (κ1) is 25.8. The van der Waals surface area contributed by atoms with Crippen LogP contribution in [0.5, 0.6) is 5.75 Å². The molecule has 36 heavy (non-hydrogen) atoms. The van der Waals surface area contributed by atoms with Gasteiger partial charge in [0, 0.05) is 40.6 Å². The molecule has 2 atom stereocenters. The van der Waals surface area contributed by atoms with Crippen molar-refractivity contribution in [1.82, 2.24) is 0 Å². The lowest BCUT2D eigenvalue weighted by Gasteiger charge is -2.27. The largest absolute Gasteiger partial charge is 0.494 e. The molecule has 0 bridgehead atoms. The van der Waals surface area contributed by atoms with Crippen molar-refractivity contribution < 1.29 is 24.5 Å². The highest BCUT2D eigenvalue weighted by Crippen LogP contribution is 2.45. The zero-order valence-corrected chi connectivity index (χ0v) is 20.8. The molecule has 0 fully saturated rings. The number of benzene rings is 3. The molecule has 6 nitrogen and oxygen atoms in total. The number of aliphatic hydroxyl groups excluding tert-OH is 1. The van der Waals surface area contributed by atoms with Gasteiger partial charge in [0.1, 0.15) is 5.75 Å². The van der Waals surface area contributed by atoms with E-state index in [-0.39, 0.29) is 18.9 Å². The first-order chi connectivity index (χ1) is 17.4. The van der Waals surface area contributed by atoms with Gasteiger partial charge in [-0.05, 0) is 42.0 Å². The van der Waals surface area contributed by atoms with Crippen LogP contribution in [0.4, 0.5) is 0 Å². The van der Waals surface area contributed by atoms with E-state index in [0.717, 1.165) is 5.56 Å². The van der Waals surface area contributed by atoms with E-state index in [1.807, 2.05) is 36.4 Å². The summed E-state index contributed by atoms with van der Waals surface area (Å²) in [4.78, 5) is 17.4. The molecule has 186 valence electrons. The molecule has 8 heteroatoms. The van der Waals surface area contributed by atoms with Crippen molar-refractivity contribution in [2.45, 2.75) is 24.5 Å². The Morgan fingerprint density at radius 2 is 1.83 bits per heavy atom. The van der Waals surface area contributed by atoms with E-state index in [1.54, 1.807) is 48.5 Å². The van der Waals surface area contributed by atoms with Crippen LogP contribution in [0, 0.1) is 0 Å². The van der Waals surface area contributed by atoms with Crippen molar-refractivity contribution in [1.29, 1.82) is 0 Å². The number of carboxylic acid groups (broad SMARTS) is 1. The maximum atomic E-state index is 12.8. The molecule has 0 radical (unpaired) electrons. The van der Waals surface area contributed by atoms with Crippen LogP contribution in [0.25, 0.3) is 6.08 Å². The van der Waals surface area contributed by atoms with Crippen LogP contribution in [-0.2, 0) is 9.53 Å². The summed E-state index contributed by atoms with van der Waals surface area (Å²) in [6.07, 6.45) is 3.27. The van der Waals surface area contributed by atoms with Gasteiger partial charge in [-0.15, -0.1) is 0 Å². The molecule has 1 aliphatic heterocycles. The highest BCUT2D eigenvalue weighted by molar-refractivity contribution is 6.35. The number of hydrogen-bond donors (Lipinski definition) is 2. The monoisotopic (exact) mass is 525 g/mol. The number of carboxylic acids is 1. The highest BCUT2D eigenvalue weighted by atomic mass is 35.5. The van der Waals surface area contributed by atoms with Crippen molar-refractivity contribution in [2.24, 2.45) is 4.99 Å². The predicted octanol–water partition coefficient (Wildman–Crippen LogP) is 6.20. The molecule has 0 saturated heterocycles. The van der Waals surface area contributed by atoms with E-state index in [0.29, 0.717) is 39.9 Å². The summed E-state index contributed by atoms with van der Waals surface area (Å²) in [5.41, 5.74) is 0.391. The van der Waals surface area contributed by atoms with E-state index < -0.39 is 17.6 Å². The lowest BCUT2D eigenvalue weighted by atomic mass is 9.85. The number of nitrogens with zero attached hydrogens (tertiary/aromatic N) is 1. The maximum Gasteiger partial charge on any atom is 0.336 e. The van der Waals surface area contributed by atoms with Crippen LogP contribution in [0.2, 0.25) is 10.0 Å². The standard InChI is InChI=1S/C28H25Cl2NO5/c29-21-11-14-23(24(30)18-21)25-28(27(33)34,15-4-8-19-6-2-1-3-7-19)31-26(36-25)20-9-12-22(13-10-20)35-17-5-16-32/h1-4,6-14,18,25,32H,5,15-17H2,(H,33,34)/b8-4+/t25-,28-/m1/s1. The lowest BCUT2D eigenvalue weighted by Crippen LogP contribution is -2.40. The minimum absolute atomic E-state index is 0.0490. The van der Waals surface area contributed by atoms with Crippen LogP contribution in [0.15, 0.2) is 83.9 Å². The summed E-state index contributed by atoms with van der Waals surface area (Å²) in [7, 11) is 0. The molecule has 0 saturated carbocycles. The van der Waals surface area contributed by atoms with Gasteiger partial charge in [0.15, 0.2) is 6.10 Å². The van der Waals surface area contributed by atoms with E-state index in [2.05, 4.69) is 4.99 Å². The molecule has 3 aromatic carbocycles. The number of aliphatic carboxylic acids is 1. The van der Waals surface area contributed by atoms with Crippen LogP contribution in [0.3, 0.4) is 0 Å². The average molecular weight is 526 g/mol. The minimum Gasteiger partial charge on any atom is -0.494 e. The van der Waals surface area contributed by atoms with Crippen LogP contribution < -0.4 is 4.74 Å². The molecule has 0 unspecified atom stereocenters. The lowest BCUT2D eigenvalue weighted by molar-refractivity contribution is -0.146. The van der Waals surface area contributed by atoms with Gasteiger partial charge in [-0.25, -0.2) is 9.79 Å². The van der Waals surface area contributed by atoms with Crippen LogP contribution in [0.1, 0.15) is 35.6 Å².